The van der Waals surface area contributed by atoms with E-state index in [1.54, 1.807) is 0 Å². The van der Waals surface area contributed by atoms with E-state index in [9.17, 15) is 10.4 Å². The van der Waals surface area contributed by atoms with E-state index in [1.807, 2.05) is 18.2 Å². The molecule has 0 bridgehead atoms. The molecule has 22 heavy (non-hydrogen) atoms. The van der Waals surface area contributed by atoms with E-state index in [-0.39, 0.29) is 6.10 Å². The number of nitrogens with zero attached hydrogens (tertiary/aromatic N) is 2. The predicted molar refractivity (Wildman–Crippen MR) is 86.1 cm³/mol. The number of aliphatic hydroxyl groups excluding tert-OH is 1. The third-order valence-electron chi connectivity index (χ3n) is 4.45. The zero-order chi connectivity index (χ0) is 15.4. The SMILES string of the molecule is N#Cc1cc(NC2CCCOC2)ccc1N1CCC(O)CC1. The molecular weight excluding hydrogens is 278 g/mol. The van der Waals surface area contributed by atoms with Crippen molar-refractivity contribution in [2.24, 2.45) is 0 Å². The number of piperidine rings is 1. The van der Waals surface area contributed by atoms with E-state index < -0.39 is 0 Å². The molecule has 118 valence electrons. The van der Waals surface area contributed by atoms with Gasteiger partial charge in [-0.3, -0.25) is 0 Å². The van der Waals surface area contributed by atoms with Gasteiger partial charge in [-0.25, -0.2) is 0 Å². The number of ether oxygens (including phenoxy) is 1. The molecule has 0 aromatic heterocycles. The molecule has 2 N–H and O–H groups in total. The molecule has 0 spiro atoms. The number of rotatable bonds is 3. The molecule has 3 rings (SSSR count). The first kappa shape index (κ1) is 15.1. The quantitative estimate of drug-likeness (QED) is 0.895. The number of anilines is 2. The van der Waals surface area contributed by atoms with Gasteiger partial charge in [0.15, 0.2) is 0 Å². The van der Waals surface area contributed by atoms with Gasteiger partial charge in [-0.15, -0.1) is 0 Å². The van der Waals surface area contributed by atoms with Crippen molar-refractivity contribution in [3.05, 3.63) is 23.8 Å². The van der Waals surface area contributed by atoms with E-state index in [4.69, 9.17) is 4.74 Å². The number of hydrogen-bond acceptors (Lipinski definition) is 5. The van der Waals surface area contributed by atoms with Crippen molar-refractivity contribution in [1.82, 2.24) is 0 Å². The summed E-state index contributed by atoms with van der Waals surface area (Å²) in [5, 5.41) is 22.5. The van der Waals surface area contributed by atoms with Gasteiger partial charge < -0.3 is 20.1 Å². The van der Waals surface area contributed by atoms with Crippen molar-refractivity contribution in [1.29, 1.82) is 5.26 Å². The largest absolute Gasteiger partial charge is 0.393 e. The lowest BCUT2D eigenvalue weighted by Gasteiger charge is -2.32. The summed E-state index contributed by atoms with van der Waals surface area (Å²) in [6, 6.07) is 8.62. The molecule has 2 fully saturated rings. The zero-order valence-corrected chi connectivity index (χ0v) is 12.8. The summed E-state index contributed by atoms with van der Waals surface area (Å²) in [7, 11) is 0. The van der Waals surface area contributed by atoms with Crippen LogP contribution in [0.2, 0.25) is 0 Å². The fourth-order valence-electron chi connectivity index (χ4n) is 3.19. The van der Waals surface area contributed by atoms with Crippen molar-refractivity contribution >= 4 is 11.4 Å². The summed E-state index contributed by atoms with van der Waals surface area (Å²) in [5.41, 5.74) is 2.64. The van der Waals surface area contributed by atoms with Gasteiger partial charge in [0.1, 0.15) is 6.07 Å². The van der Waals surface area contributed by atoms with Crippen molar-refractivity contribution in [2.75, 3.05) is 36.5 Å². The van der Waals surface area contributed by atoms with Crippen LogP contribution in [0.1, 0.15) is 31.2 Å². The lowest BCUT2D eigenvalue weighted by Crippen LogP contribution is -2.36. The second-order valence-corrected chi connectivity index (χ2v) is 6.12. The van der Waals surface area contributed by atoms with E-state index >= 15 is 0 Å². The molecule has 5 heteroatoms. The minimum absolute atomic E-state index is 0.200. The van der Waals surface area contributed by atoms with E-state index in [1.165, 1.54) is 0 Å². The lowest BCUT2D eigenvalue weighted by molar-refractivity contribution is 0.0876. The highest BCUT2D eigenvalue weighted by Crippen LogP contribution is 2.27. The molecule has 0 aliphatic carbocycles. The molecule has 5 nitrogen and oxygen atoms in total. The Hall–Kier alpha value is -1.77. The average molecular weight is 301 g/mol. The minimum Gasteiger partial charge on any atom is -0.393 e. The summed E-state index contributed by atoms with van der Waals surface area (Å²) in [4.78, 5) is 2.19. The van der Waals surface area contributed by atoms with Gasteiger partial charge in [0.05, 0.1) is 24.0 Å². The summed E-state index contributed by atoms with van der Waals surface area (Å²) in [5.74, 6) is 0. The van der Waals surface area contributed by atoms with Crippen molar-refractivity contribution < 1.29 is 9.84 Å². The van der Waals surface area contributed by atoms with Gasteiger partial charge in [0.25, 0.3) is 0 Å². The lowest BCUT2D eigenvalue weighted by atomic mass is 10.0. The third kappa shape index (κ3) is 3.52. The Labute approximate surface area is 131 Å². The number of nitrogens with one attached hydrogen (secondary N) is 1. The average Bonchev–Trinajstić information content (AvgIpc) is 2.56. The second kappa shape index (κ2) is 6.99. The van der Waals surface area contributed by atoms with E-state index in [0.717, 1.165) is 63.4 Å². The Morgan fingerprint density at radius 3 is 2.77 bits per heavy atom. The molecule has 2 aliphatic rings. The highest BCUT2D eigenvalue weighted by Gasteiger charge is 2.20. The molecule has 2 heterocycles. The normalized spacial score (nSPS) is 23.1. The van der Waals surface area contributed by atoms with Crippen LogP contribution in [0.15, 0.2) is 18.2 Å². The first-order valence-electron chi connectivity index (χ1n) is 8.07. The highest BCUT2D eigenvalue weighted by molar-refractivity contribution is 5.65. The second-order valence-electron chi connectivity index (χ2n) is 6.12. The monoisotopic (exact) mass is 301 g/mol. The molecule has 0 radical (unpaired) electrons. The third-order valence-corrected chi connectivity index (χ3v) is 4.45. The summed E-state index contributed by atoms with van der Waals surface area (Å²) < 4.78 is 5.48. The van der Waals surface area contributed by atoms with Gasteiger partial charge in [0, 0.05) is 31.4 Å². The number of benzene rings is 1. The van der Waals surface area contributed by atoms with Gasteiger partial charge in [-0.2, -0.15) is 5.26 Å². The van der Waals surface area contributed by atoms with Crippen LogP contribution >= 0.6 is 0 Å². The fraction of sp³-hybridized carbons (Fsp3) is 0.588. The molecule has 1 aromatic carbocycles. The summed E-state index contributed by atoms with van der Waals surface area (Å²) >= 11 is 0. The molecule has 1 unspecified atom stereocenters. The van der Waals surface area contributed by atoms with Crippen molar-refractivity contribution in [3.63, 3.8) is 0 Å². The summed E-state index contributed by atoms with van der Waals surface area (Å²) in [6.45, 7) is 3.19. The Bertz CT molecular complexity index is 541. The van der Waals surface area contributed by atoms with Crippen LogP contribution in [0, 0.1) is 11.3 Å². The first-order valence-corrected chi connectivity index (χ1v) is 8.07. The topological polar surface area (TPSA) is 68.5 Å². The molecule has 0 saturated carbocycles. The molecule has 2 aliphatic heterocycles. The maximum Gasteiger partial charge on any atom is 0.101 e. The molecule has 2 saturated heterocycles. The molecular formula is C17H23N3O2. The van der Waals surface area contributed by atoms with E-state index in [0.29, 0.717) is 11.6 Å². The standard InChI is InChI=1S/C17H23N3O2/c18-11-13-10-14(19-15-2-1-9-22-12-15)3-4-17(13)20-7-5-16(21)6-8-20/h3-4,10,15-16,19,21H,1-2,5-9,12H2. The van der Waals surface area contributed by atoms with Crippen LogP contribution in [-0.2, 0) is 4.74 Å². The molecule has 0 amide bonds. The van der Waals surface area contributed by atoms with Gasteiger partial charge in [-0.1, -0.05) is 0 Å². The molecule has 1 aromatic rings. The van der Waals surface area contributed by atoms with Gasteiger partial charge in [-0.05, 0) is 43.9 Å². The Kier molecular flexibility index (Phi) is 4.81. The highest BCUT2D eigenvalue weighted by atomic mass is 16.5. The van der Waals surface area contributed by atoms with Gasteiger partial charge in [0.2, 0.25) is 0 Å². The minimum atomic E-state index is -0.200. The maximum atomic E-state index is 9.61. The Balaban J connectivity index is 1.71. The van der Waals surface area contributed by atoms with Crippen molar-refractivity contribution in [3.8, 4) is 6.07 Å². The first-order chi connectivity index (χ1) is 10.8. The van der Waals surface area contributed by atoms with Crippen LogP contribution in [0.3, 0.4) is 0 Å². The Morgan fingerprint density at radius 1 is 1.27 bits per heavy atom. The van der Waals surface area contributed by atoms with Crippen LogP contribution < -0.4 is 10.2 Å². The zero-order valence-electron chi connectivity index (χ0n) is 12.8. The molecule has 1 atom stereocenters. The van der Waals surface area contributed by atoms with Crippen LogP contribution in [0.25, 0.3) is 0 Å². The van der Waals surface area contributed by atoms with E-state index in [2.05, 4.69) is 16.3 Å². The van der Waals surface area contributed by atoms with Gasteiger partial charge >= 0.3 is 0 Å². The Morgan fingerprint density at radius 2 is 2.09 bits per heavy atom. The predicted octanol–water partition coefficient (Wildman–Crippen LogP) is 2.11. The fourth-order valence-corrected chi connectivity index (χ4v) is 3.19. The maximum absolute atomic E-state index is 9.61. The van der Waals surface area contributed by atoms with Crippen LogP contribution in [-0.4, -0.2) is 43.6 Å². The smallest absolute Gasteiger partial charge is 0.101 e. The summed E-state index contributed by atoms with van der Waals surface area (Å²) in [6.07, 6.45) is 3.52. The van der Waals surface area contributed by atoms with Crippen LogP contribution in [0.4, 0.5) is 11.4 Å². The number of aliphatic hydroxyl groups is 1. The number of hydrogen-bond donors (Lipinski definition) is 2. The number of nitriles is 1. The van der Waals surface area contributed by atoms with Crippen LogP contribution in [0.5, 0.6) is 0 Å². The van der Waals surface area contributed by atoms with Crippen molar-refractivity contribution in [2.45, 2.75) is 37.8 Å².